The van der Waals surface area contributed by atoms with Crippen LogP contribution in [-0.4, -0.2) is 92.6 Å². The van der Waals surface area contributed by atoms with Crippen molar-refractivity contribution in [3.63, 3.8) is 0 Å². The lowest BCUT2D eigenvalue weighted by Gasteiger charge is -2.26. The van der Waals surface area contributed by atoms with Gasteiger partial charge in [-0.1, -0.05) is 25.3 Å². The Morgan fingerprint density at radius 2 is 1.77 bits per heavy atom. The summed E-state index contributed by atoms with van der Waals surface area (Å²) in [5, 5.41) is 18.0. The van der Waals surface area contributed by atoms with Crippen molar-refractivity contribution in [2.45, 2.75) is 77.2 Å². The Morgan fingerprint density at radius 3 is 2.44 bits per heavy atom. The molecule has 0 radical (unpaired) electrons. The third-order valence-electron chi connectivity index (χ3n) is 9.27. The van der Waals surface area contributed by atoms with Gasteiger partial charge in [0.05, 0.1) is 31.6 Å². The number of rotatable bonds is 12. The molecule has 0 amide bonds. The van der Waals surface area contributed by atoms with Crippen molar-refractivity contribution < 1.29 is 32.5 Å². The number of aliphatic hydroxyl groups is 1. The number of nitrogens with two attached hydrogens (primary N) is 1. The van der Waals surface area contributed by atoms with Crippen molar-refractivity contribution in [2.24, 2.45) is 5.14 Å². The van der Waals surface area contributed by atoms with Crippen LogP contribution in [0.1, 0.15) is 80.3 Å². The lowest BCUT2D eigenvalue weighted by molar-refractivity contribution is 0.00695. The van der Waals surface area contributed by atoms with Gasteiger partial charge in [-0.05, 0) is 99.7 Å². The van der Waals surface area contributed by atoms with Gasteiger partial charge in [0.15, 0.2) is 0 Å². The van der Waals surface area contributed by atoms with E-state index in [1.54, 1.807) is 12.0 Å². The summed E-state index contributed by atoms with van der Waals surface area (Å²) in [7, 11) is 1.10. The Balaban J connectivity index is 1.54. The van der Waals surface area contributed by atoms with Crippen LogP contribution in [-0.2, 0) is 26.2 Å². The van der Waals surface area contributed by atoms with E-state index in [1.807, 2.05) is 58.2 Å². The van der Waals surface area contributed by atoms with Gasteiger partial charge in [-0.15, -0.1) is 0 Å². The van der Waals surface area contributed by atoms with Gasteiger partial charge in [0.2, 0.25) is 0 Å². The third kappa shape index (κ3) is 8.12. The number of nitrogens with zero attached hydrogens (tertiary/aromatic N) is 3. The molecule has 1 aromatic heterocycles. The molecule has 48 heavy (non-hydrogen) atoms. The molecule has 1 fully saturated rings. The number of carbonyl (C=O) groups excluding carboxylic acids is 1. The van der Waals surface area contributed by atoms with E-state index >= 15 is 0 Å². The first kappa shape index (κ1) is 36.0. The van der Waals surface area contributed by atoms with Gasteiger partial charge < -0.3 is 23.9 Å². The molecule has 2 heterocycles. The Labute approximate surface area is 284 Å². The molecule has 262 valence electrons. The van der Waals surface area contributed by atoms with E-state index in [-0.39, 0.29) is 25.7 Å². The Kier molecular flexibility index (Phi) is 11.0. The summed E-state index contributed by atoms with van der Waals surface area (Å²) in [5.41, 5.74) is 5.97. The predicted octanol–water partition coefficient (Wildman–Crippen LogP) is 5.12. The van der Waals surface area contributed by atoms with Crippen molar-refractivity contribution in [3.8, 4) is 17.0 Å². The summed E-state index contributed by atoms with van der Waals surface area (Å²) in [6.45, 7) is 6.98. The zero-order valence-corrected chi connectivity index (χ0v) is 29.8. The van der Waals surface area contributed by atoms with E-state index < -0.39 is 22.0 Å². The summed E-state index contributed by atoms with van der Waals surface area (Å²) in [6.07, 6.45) is 6.88. The van der Waals surface area contributed by atoms with Gasteiger partial charge in [0, 0.05) is 43.1 Å². The van der Waals surface area contributed by atoms with Gasteiger partial charge >= 0.3 is 5.97 Å². The number of likely N-dealkylation sites (N-methyl/N-ethyl adjacent to an activating group) is 2. The number of carbonyl (C=O) groups is 1. The van der Waals surface area contributed by atoms with Crippen molar-refractivity contribution in [3.05, 3.63) is 58.7 Å². The quantitative estimate of drug-likeness (QED) is 0.153. The van der Waals surface area contributed by atoms with Gasteiger partial charge in [0.25, 0.3) is 10.2 Å². The highest BCUT2D eigenvalue weighted by molar-refractivity contribution is 7.86. The smallest absolute Gasteiger partial charge is 0.338 e. The molecule has 1 saturated carbocycles. The maximum atomic E-state index is 13.3. The van der Waals surface area contributed by atoms with Crippen LogP contribution in [0.3, 0.4) is 0 Å². The predicted molar refractivity (Wildman–Crippen MR) is 188 cm³/mol. The zero-order valence-electron chi connectivity index (χ0n) is 29.0. The molecule has 0 saturated heterocycles. The highest BCUT2D eigenvalue weighted by atomic mass is 32.2. The fourth-order valence-electron chi connectivity index (χ4n) is 6.72. The summed E-state index contributed by atoms with van der Waals surface area (Å²) in [4.78, 5) is 15.1. The van der Waals surface area contributed by atoms with Gasteiger partial charge in [0.1, 0.15) is 17.6 Å². The maximum absolute atomic E-state index is 13.3. The van der Waals surface area contributed by atoms with Crippen LogP contribution in [0.15, 0.2) is 42.0 Å². The second-order valence-electron chi connectivity index (χ2n) is 13.9. The summed E-state index contributed by atoms with van der Waals surface area (Å²) in [5.74, 6) is 0.726. The number of ether oxygens (including phenoxy) is 3. The van der Waals surface area contributed by atoms with Gasteiger partial charge in [-0.3, -0.25) is 4.90 Å². The second-order valence-corrected chi connectivity index (χ2v) is 15.6. The number of methoxy groups -OCH3 is 1. The number of hydrogen-bond acceptors (Lipinski definition) is 8. The normalized spacial score (nSPS) is 16.4. The minimum absolute atomic E-state index is 0.132. The molecular formula is C36H50N4O7S. The highest BCUT2D eigenvalue weighted by Crippen LogP contribution is 2.47. The average molecular weight is 683 g/mol. The Bertz CT molecular complexity index is 1770. The number of hydrogen-bond donors (Lipinski definition) is 2. The van der Waals surface area contributed by atoms with Crippen LogP contribution in [0.25, 0.3) is 28.2 Å². The standard InChI is InChI=1S/C36H50N4O7S/c1-36(2,3)47-35(42)25-12-14-30-31(22-25)40-23-27(34(41)38(4)16-18-46-19-17-39(5)48(37,43)44)20-26-21-28(45-6)13-15-29(26)33(40)32(30)24-10-8-7-9-11-24/h12-15,20-22,24,34,41H,7-11,16-19,23H2,1-6H3,(H2,37,43,44). The monoisotopic (exact) mass is 682 g/mol. The first-order chi connectivity index (χ1) is 22.7. The fraction of sp³-hybridized carbons (Fsp3) is 0.528. The number of aromatic nitrogens is 1. The molecule has 0 bridgehead atoms. The van der Waals surface area contributed by atoms with E-state index in [0.29, 0.717) is 24.6 Å². The molecule has 1 atom stereocenters. The van der Waals surface area contributed by atoms with E-state index in [1.165, 1.54) is 31.9 Å². The summed E-state index contributed by atoms with van der Waals surface area (Å²) in [6, 6.07) is 12.0. The number of esters is 1. The van der Waals surface area contributed by atoms with Crippen molar-refractivity contribution in [1.29, 1.82) is 0 Å². The molecule has 2 aliphatic rings. The SMILES string of the molecule is COc1ccc2c(c1)C=C(C(O)N(C)CCOCCN(C)S(N)(=O)=O)Cn1c-2c(C2CCCCC2)c2ccc(C(=O)OC(C)(C)C)cc21. The van der Waals surface area contributed by atoms with Crippen LogP contribution < -0.4 is 9.88 Å². The molecule has 2 aromatic carbocycles. The second kappa shape index (κ2) is 14.7. The topological polar surface area (TPSA) is 137 Å². The molecule has 5 rings (SSSR count). The minimum atomic E-state index is -3.77. The molecule has 11 nitrogen and oxygen atoms in total. The lowest BCUT2D eigenvalue weighted by Crippen LogP contribution is -2.38. The maximum Gasteiger partial charge on any atom is 0.338 e. The minimum Gasteiger partial charge on any atom is -0.497 e. The largest absolute Gasteiger partial charge is 0.497 e. The average Bonchev–Trinajstić information content (AvgIpc) is 3.25. The molecule has 3 N–H and O–H groups in total. The number of aliphatic hydroxyl groups excluding tert-OH is 1. The molecule has 1 aliphatic carbocycles. The van der Waals surface area contributed by atoms with Crippen LogP contribution in [0.2, 0.25) is 0 Å². The number of benzene rings is 2. The molecule has 1 unspecified atom stereocenters. The Morgan fingerprint density at radius 1 is 1.06 bits per heavy atom. The first-order valence-electron chi connectivity index (χ1n) is 16.7. The zero-order chi connectivity index (χ0) is 34.8. The van der Waals surface area contributed by atoms with Crippen molar-refractivity contribution >= 4 is 33.2 Å². The first-order valence-corrected chi connectivity index (χ1v) is 18.2. The van der Waals surface area contributed by atoms with Gasteiger partial charge in [-0.2, -0.15) is 12.7 Å². The fourth-order valence-corrected chi connectivity index (χ4v) is 7.05. The van der Waals surface area contributed by atoms with Crippen LogP contribution in [0, 0.1) is 0 Å². The van der Waals surface area contributed by atoms with Crippen LogP contribution in [0.5, 0.6) is 5.75 Å². The number of fused-ring (bicyclic) bond motifs is 5. The molecule has 0 spiro atoms. The molecule has 3 aromatic rings. The van der Waals surface area contributed by atoms with Crippen LogP contribution >= 0.6 is 0 Å². The van der Waals surface area contributed by atoms with E-state index in [2.05, 4.69) is 16.7 Å². The van der Waals surface area contributed by atoms with Gasteiger partial charge in [-0.25, -0.2) is 9.93 Å². The molecule has 12 heteroatoms. The van der Waals surface area contributed by atoms with E-state index in [0.717, 1.165) is 56.2 Å². The molecular weight excluding hydrogens is 632 g/mol. The van der Waals surface area contributed by atoms with E-state index in [9.17, 15) is 18.3 Å². The van der Waals surface area contributed by atoms with Crippen molar-refractivity contribution in [1.82, 2.24) is 13.8 Å². The van der Waals surface area contributed by atoms with Crippen molar-refractivity contribution in [2.75, 3.05) is 47.5 Å². The summed E-state index contributed by atoms with van der Waals surface area (Å²) >= 11 is 0. The van der Waals surface area contributed by atoms with Crippen LogP contribution in [0.4, 0.5) is 0 Å². The Hall–Kier alpha value is -3.26. The summed E-state index contributed by atoms with van der Waals surface area (Å²) < 4.78 is 43.3. The third-order valence-corrected chi connectivity index (χ3v) is 10.3. The molecule has 1 aliphatic heterocycles. The highest BCUT2D eigenvalue weighted by Gasteiger charge is 2.31. The lowest BCUT2D eigenvalue weighted by atomic mass is 9.81. The van der Waals surface area contributed by atoms with E-state index in [4.69, 9.17) is 19.3 Å².